The number of morpholine rings is 1. The number of amides is 1. The van der Waals surface area contributed by atoms with Crippen LogP contribution in [0, 0.1) is 19.7 Å². The Balaban J connectivity index is 1.54. The summed E-state index contributed by atoms with van der Waals surface area (Å²) in [5.41, 5.74) is 2.03. The van der Waals surface area contributed by atoms with Gasteiger partial charge in [-0.1, -0.05) is 0 Å². The van der Waals surface area contributed by atoms with E-state index >= 15 is 0 Å². The van der Waals surface area contributed by atoms with E-state index in [9.17, 15) is 18.8 Å². The Labute approximate surface area is 229 Å². The van der Waals surface area contributed by atoms with Crippen molar-refractivity contribution >= 4 is 16.8 Å². The highest BCUT2D eigenvalue weighted by Gasteiger charge is 2.21. The second-order valence-electron chi connectivity index (χ2n) is 10.1. The van der Waals surface area contributed by atoms with E-state index in [4.69, 9.17) is 9.47 Å². The average Bonchev–Trinajstić information content (AvgIpc) is 3.37. The molecule has 0 aliphatic carbocycles. The number of H-pyrrole nitrogens is 1. The van der Waals surface area contributed by atoms with Crippen molar-refractivity contribution in [3.05, 3.63) is 80.0 Å². The number of aromatic nitrogens is 3. The third-order valence-corrected chi connectivity index (χ3v) is 7.15. The van der Waals surface area contributed by atoms with Crippen LogP contribution in [0.5, 0.6) is 11.5 Å². The lowest BCUT2D eigenvalue weighted by molar-refractivity contribution is 0.0383. The highest BCUT2D eigenvalue weighted by molar-refractivity contribution is 6.03. The molecular formula is C29H32FN5O5. The number of hydrogen-bond donors (Lipinski definition) is 2. The smallest absolute Gasteiger partial charge is 0.274 e. The van der Waals surface area contributed by atoms with Gasteiger partial charge in [-0.05, 0) is 43.2 Å². The Bertz CT molecular complexity index is 1690. The Hall–Kier alpha value is -4.22. The lowest BCUT2D eigenvalue weighted by atomic mass is 10.0. The van der Waals surface area contributed by atoms with Crippen LogP contribution in [0.25, 0.3) is 22.0 Å². The van der Waals surface area contributed by atoms with Gasteiger partial charge in [0.25, 0.3) is 17.0 Å². The number of fused-ring (bicyclic) bond motifs is 1. The molecule has 1 fully saturated rings. The Kier molecular flexibility index (Phi) is 7.59. The molecule has 4 aromatic rings. The molecule has 3 aromatic heterocycles. The maximum absolute atomic E-state index is 13.9. The quantitative estimate of drug-likeness (QED) is 0.367. The highest BCUT2D eigenvalue weighted by atomic mass is 19.1. The number of aryl methyl sites for hydroxylation is 4. The van der Waals surface area contributed by atoms with Crippen LogP contribution in [0.3, 0.4) is 0 Å². The standard InChI is InChI=1S/C29H32FN5O5/c1-17-11-19(30)12-18(2)27(17)40-24-16-33(3)25(36)14-20(24)22-15-34(4)29(38)26-21(22)13-23(32-26)28(37)31-5-6-35-7-9-39-10-8-35/h11-16,32H,5-10H2,1-4H3,(H,31,37). The van der Waals surface area contributed by atoms with Gasteiger partial charge in [0.1, 0.15) is 22.8 Å². The molecule has 0 radical (unpaired) electrons. The van der Waals surface area contributed by atoms with E-state index in [1.165, 1.54) is 27.3 Å². The average molecular weight is 550 g/mol. The number of pyridine rings is 2. The number of ether oxygens (including phenoxy) is 2. The second-order valence-corrected chi connectivity index (χ2v) is 10.1. The molecule has 0 bridgehead atoms. The highest BCUT2D eigenvalue weighted by Crippen LogP contribution is 2.38. The van der Waals surface area contributed by atoms with E-state index < -0.39 is 0 Å². The molecule has 1 aromatic carbocycles. The monoisotopic (exact) mass is 549 g/mol. The van der Waals surface area contributed by atoms with Crippen LogP contribution in [0.2, 0.25) is 0 Å². The fraction of sp³-hybridized carbons (Fsp3) is 0.345. The zero-order valence-electron chi connectivity index (χ0n) is 23.0. The van der Waals surface area contributed by atoms with Gasteiger partial charge in [0, 0.05) is 69.1 Å². The topological polar surface area (TPSA) is 111 Å². The van der Waals surface area contributed by atoms with Gasteiger partial charge in [-0.25, -0.2) is 4.39 Å². The summed E-state index contributed by atoms with van der Waals surface area (Å²) in [4.78, 5) is 44.0. The predicted octanol–water partition coefficient (Wildman–Crippen LogP) is 2.84. The molecule has 4 heterocycles. The van der Waals surface area contributed by atoms with E-state index in [0.29, 0.717) is 65.4 Å². The van der Waals surface area contributed by atoms with Crippen molar-refractivity contribution in [1.29, 1.82) is 0 Å². The van der Waals surface area contributed by atoms with Crippen LogP contribution < -0.4 is 21.2 Å². The Morgan fingerprint density at radius 2 is 1.73 bits per heavy atom. The second kappa shape index (κ2) is 11.1. The van der Waals surface area contributed by atoms with Gasteiger partial charge in [0.2, 0.25) is 0 Å². The Morgan fingerprint density at radius 1 is 1.02 bits per heavy atom. The SMILES string of the molecule is Cc1cc(F)cc(C)c1Oc1cn(C)c(=O)cc1-c1cn(C)c(=O)c2[nH]c(C(=O)NCCN3CCOCC3)cc12. The largest absolute Gasteiger partial charge is 0.455 e. The molecule has 10 nitrogen and oxygen atoms in total. The molecule has 0 atom stereocenters. The number of nitrogens with one attached hydrogen (secondary N) is 2. The van der Waals surface area contributed by atoms with Gasteiger partial charge >= 0.3 is 0 Å². The van der Waals surface area contributed by atoms with Gasteiger partial charge in [0.05, 0.1) is 19.4 Å². The molecule has 1 aliphatic rings. The summed E-state index contributed by atoms with van der Waals surface area (Å²) in [5, 5.41) is 3.39. The van der Waals surface area contributed by atoms with Crippen molar-refractivity contribution in [1.82, 2.24) is 24.3 Å². The van der Waals surface area contributed by atoms with Crippen molar-refractivity contribution < 1.29 is 18.7 Å². The predicted molar refractivity (Wildman–Crippen MR) is 150 cm³/mol. The van der Waals surface area contributed by atoms with Crippen molar-refractivity contribution in [2.45, 2.75) is 13.8 Å². The maximum Gasteiger partial charge on any atom is 0.274 e. The van der Waals surface area contributed by atoms with E-state index in [-0.39, 0.29) is 34.1 Å². The summed E-state index contributed by atoms with van der Waals surface area (Å²) in [5.74, 6) is 0.107. The first kappa shape index (κ1) is 27.4. The van der Waals surface area contributed by atoms with E-state index in [0.717, 1.165) is 13.1 Å². The van der Waals surface area contributed by atoms with Crippen LogP contribution in [0.1, 0.15) is 21.6 Å². The maximum atomic E-state index is 13.9. The van der Waals surface area contributed by atoms with E-state index in [2.05, 4.69) is 15.2 Å². The fourth-order valence-corrected chi connectivity index (χ4v) is 4.98. The number of hydrogen-bond acceptors (Lipinski definition) is 6. The first-order valence-electron chi connectivity index (χ1n) is 13.1. The molecule has 0 spiro atoms. The minimum Gasteiger partial charge on any atom is -0.455 e. The minimum absolute atomic E-state index is 0.234. The van der Waals surface area contributed by atoms with Crippen LogP contribution in [-0.2, 0) is 18.8 Å². The summed E-state index contributed by atoms with van der Waals surface area (Å²) in [7, 11) is 3.21. The number of nitrogens with zero attached hydrogens (tertiary/aromatic N) is 3. The number of carbonyl (C=O) groups is 1. The Morgan fingerprint density at radius 3 is 2.42 bits per heavy atom. The number of carbonyl (C=O) groups excluding carboxylic acids is 1. The number of rotatable bonds is 7. The molecule has 40 heavy (non-hydrogen) atoms. The zero-order valence-corrected chi connectivity index (χ0v) is 23.0. The molecule has 210 valence electrons. The first-order chi connectivity index (χ1) is 19.1. The molecule has 0 saturated carbocycles. The molecule has 1 amide bonds. The van der Waals surface area contributed by atoms with E-state index in [1.54, 1.807) is 46.4 Å². The molecule has 0 unspecified atom stereocenters. The lowest BCUT2D eigenvalue weighted by Gasteiger charge is -2.26. The molecule has 1 saturated heterocycles. The van der Waals surface area contributed by atoms with Crippen molar-refractivity contribution in [3.8, 4) is 22.6 Å². The normalized spacial score (nSPS) is 14.0. The van der Waals surface area contributed by atoms with Gasteiger partial charge < -0.3 is 28.9 Å². The first-order valence-corrected chi connectivity index (χ1v) is 13.1. The van der Waals surface area contributed by atoms with Gasteiger partial charge in [0.15, 0.2) is 5.75 Å². The third kappa shape index (κ3) is 5.43. The molecule has 11 heteroatoms. The van der Waals surface area contributed by atoms with Crippen LogP contribution in [0.4, 0.5) is 4.39 Å². The molecule has 1 aliphatic heterocycles. The summed E-state index contributed by atoms with van der Waals surface area (Å²) >= 11 is 0. The van der Waals surface area contributed by atoms with Crippen LogP contribution >= 0.6 is 0 Å². The molecule has 5 rings (SSSR count). The third-order valence-electron chi connectivity index (χ3n) is 7.15. The summed E-state index contributed by atoms with van der Waals surface area (Å²) in [6.07, 6.45) is 3.17. The fourth-order valence-electron chi connectivity index (χ4n) is 4.98. The van der Waals surface area contributed by atoms with Gasteiger partial charge in [-0.15, -0.1) is 0 Å². The van der Waals surface area contributed by atoms with Crippen LogP contribution in [0.15, 0.2) is 46.2 Å². The van der Waals surface area contributed by atoms with Crippen molar-refractivity contribution in [2.24, 2.45) is 14.1 Å². The van der Waals surface area contributed by atoms with E-state index in [1.807, 2.05) is 0 Å². The van der Waals surface area contributed by atoms with Gasteiger partial charge in [-0.2, -0.15) is 0 Å². The van der Waals surface area contributed by atoms with Gasteiger partial charge in [-0.3, -0.25) is 19.3 Å². The van der Waals surface area contributed by atoms with Crippen LogP contribution in [-0.4, -0.2) is 64.3 Å². The minimum atomic E-state index is -0.370. The number of halogens is 1. The van der Waals surface area contributed by atoms with Crippen molar-refractivity contribution in [2.75, 3.05) is 39.4 Å². The summed E-state index contributed by atoms with van der Waals surface area (Å²) in [6.45, 7) is 7.62. The van der Waals surface area contributed by atoms with Crippen molar-refractivity contribution in [3.63, 3.8) is 0 Å². The zero-order chi connectivity index (χ0) is 28.6. The lowest BCUT2D eigenvalue weighted by Crippen LogP contribution is -2.41. The molecular weight excluding hydrogens is 517 g/mol. The summed E-state index contributed by atoms with van der Waals surface area (Å²) < 4.78 is 28.4. The number of aromatic amines is 1. The number of benzene rings is 1. The molecule has 2 N–H and O–H groups in total. The summed E-state index contributed by atoms with van der Waals surface area (Å²) in [6, 6.07) is 5.80.